The molecule has 3 atom stereocenters. The van der Waals surface area contributed by atoms with Crippen molar-refractivity contribution in [1.82, 2.24) is 19.6 Å². The van der Waals surface area contributed by atoms with E-state index in [1.54, 1.807) is 19.0 Å². The number of likely N-dealkylation sites (N-methyl/N-ethyl adjacent to an activating group) is 1. The lowest BCUT2D eigenvalue weighted by atomic mass is 9.73. The Labute approximate surface area is 204 Å². The first-order chi connectivity index (χ1) is 16.3. The van der Waals surface area contributed by atoms with Crippen LogP contribution in [0.4, 0.5) is 20.7 Å². The normalized spacial score (nSPS) is 22.6. The van der Waals surface area contributed by atoms with Crippen LogP contribution in [0.2, 0.25) is 0 Å². The summed E-state index contributed by atoms with van der Waals surface area (Å²) in [4.78, 5) is 27.8. The molecular formula is C24H32FN7O3. The number of hydrogen-bond donors (Lipinski definition) is 3. The van der Waals surface area contributed by atoms with Crippen LogP contribution in [0.3, 0.4) is 0 Å². The van der Waals surface area contributed by atoms with E-state index in [-0.39, 0.29) is 29.8 Å². The van der Waals surface area contributed by atoms with E-state index >= 15 is 0 Å². The number of amides is 2. The zero-order chi connectivity index (χ0) is 26.1. The van der Waals surface area contributed by atoms with Crippen molar-refractivity contribution in [2.24, 2.45) is 17.1 Å². The second kappa shape index (κ2) is 9.54. The summed E-state index contributed by atoms with van der Waals surface area (Å²) >= 11 is 0. The number of benzene rings is 1. The minimum absolute atomic E-state index is 0.0641. The first kappa shape index (κ1) is 26.0. The van der Waals surface area contributed by atoms with Gasteiger partial charge in [0.05, 0.1) is 18.0 Å². The third-order valence-electron chi connectivity index (χ3n) is 6.42. The van der Waals surface area contributed by atoms with Gasteiger partial charge >= 0.3 is 6.09 Å². The van der Waals surface area contributed by atoms with E-state index in [4.69, 9.17) is 5.73 Å². The fourth-order valence-electron chi connectivity index (χ4n) is 4.95. The Morgan fingerprint density at radius 3 is 2.46 bits per heavy atom. The van der Waals surface area contributed by atoms with Crippen molar-refractivity contribution in [3.63, 3.8) is 0 Å². The Morgan fingerprint density at radius 2 is 1.97 bits per heavy atom. The molecule has 1 saturated heterocycles. The van der Waals surface area contributed by atoms with Crippen molar-refractivity contribution < 1.29 is 19.1 Å². The van der Waals surface area contributed by atoms with Gasteiger partial charge in [-0.05, 0) is 56.6 Å². The van der Waals surface area contributed by atoms with Crippen molar-refractivity contribution in [2.75, 3.05) is 26.0 Å². The summed E-state index contributed by atoms with van der Waals surface area (Å²) in [5.41, 5.74) is 4.69. The molecule has 0 aliphatic carbocycles. The third-order valence-corrected chi connectivity index (χ3v) is 6.42. The molecule has 188 valence electrons. The average molecular weight is 486 g/mol. The number of piperidine rings is 1. The number of hydrogen-bond acceptors (Lipinski definition) is 6. The summed E-state index contributed by atoms with van der Waals surface area (Å²) in [5.74, 6) is -1.68. The predicted molar refractivity (Wildman–Crippen MR) is 128 cm³/mol. The maximum atomic E-state index is 13.4. The van der Waals surface area contributed by atoms with Gasteiger partial charge in [0.2, 0.25) is 0 Å². The minimum Gasteiger partial charge on any atom is -0.465 e. The van der Waals surface area contributed by atoms with E-state index in [0.29, 0.717) is 12.1 Å². The Balaban J connectivity index is 2.25. The lowest BCUT2D eigenvalue weighted by Gasteiger charge is -2.55. The molecule has 1 aromatic heterocycles. The lowest BCUT2D eigenvalue weighted by Crippen LogP contribution is -2.69. The molecule has 2 heterocycles. The van der Waals surface area contributed by atoms with Crippen molar-refractivity contribution in [2.45, 2.75) is 45.3 Å². The largest absolute Gasteiger partial charge is 0.465 e. The molecule has 1 aliphatic heterocycles. The number of primary amides is 1. The highest BCUT2D eigenvalue weighted by molar-refractivity contribution is 5.98. The fourth-order valence-corrected chi connectivity index (χ4v) is 4.95. The summed E-state index contributed by atoms with van der Waals surface area (Å²) in [6, 6.07) is 7.22. The third kappa shape index (κ3) is 4.93. The van der Waals surface area contributed by atoms with Crippen LogP contribution in [0.15, 0.2) is 30.5 Å². The fraction of sp³-hybridized carbons (Fsp3) is 0.500. The first-order valence-electron chi connectivity index (χ1n) is 11.3. The number of aromatic nitrogens is 2. The van der Waals surface area contributed by atoms with Crippen molar-refractivity contribution >= 4 is 23.5 Å². The van der Waals surface area contributed by atoms with Gasteiger partial charge in [-0.1, -0.05) is 20.8 Å². The highest BCUT2D eigenvalue weighted by Gasteiger charge is 2.57. The summed E-state index contributed by atoms with van der Waals surface area (Å²) in [7, 11) is 3.54. The Hall–Kier alpha value is -3.65. The van der Waals surface area contributed by atoms with Gasteiger partial charge in [0.25, 0.3) is 5.91 Å². The van der Waals surface area contributed by atoms with Crippen LogP contribution < -0.4 is 11.1 Å². The predicted octanol–water partition coefficient (Wildman–Crippen LogP) is 3.41. The van der Waals surface area contributed by atoms with Crippen LogP contribution in [-0.4, -0.2) is 63.4 Å². The molecule has 0 bridgehead atoms. The van der Waals surface area contributed by atoms with E-state index in [1.807, 2.05) is 20.8 Å². The van der Waals surface area contributed by atoms with Gasteiger partial charge in [-0.15, -0.1) is 0 Å². The highest BCUT2D eigenvalue weighted by Crippen LogP contribution is 2.45. The van der Waals surface area contributed by atoms with Crippen LogP contribution in [0, 0.1) is 28.5 Å². The maximum absolute atomic E-state index is 13.4. The maximum Gasteiger partial charge on any atom is 0.407 e. The number of carboxylic acid groups (broad SMARTS) is 1. The zero-order valence-corrected chi connectivity index (χ0v) is 20.6. The molecule has 3 unspecified atom stereocenters. The number of anilines is 2. The van der Waals surface area contributed by atoms with E-state index in [0.717, 1.165) is 0 Å². The summed E-state index contributed by atoms with van der Waals surface area (Å²) in [5, 5.41) is 27.9. The zero-order valence-electron chi connectivity index (χ0n) is 20.6. The van der Waals surface area contributed by atoms with Gasteiger partial charge in [-0.25, -0.2) is 13.9 Å². The van der Waals surface area contributed by atoms with Crippen LogP contribution in [0.5, 0.6) is 0 Å². The smallest absolute Gasteiger partial charge is 0.407 e. The number of carbonyl (C=O) groups is 2. The highest BCUT2D eigenvalue weighted by atomic mass is 19.1. The van der Waals surface area contributed by atoms with Gasteiger partial charge < -0.3 is 21.1 Å². The molecule has 10 nitrogen and oxygen atoms in total. The van der Waals surface area contributed by atoms with E-state index in [9.17, 15) is 24.3 Å². The second-order valence-corrected chi connectivity index (χ2v) is 10.2. The number of carbonyl (C=O) groups excluding carboxylic acids is 1. The van der Waals surface area contributed by atoms with Gasteiger partial charge in [0.15, 0.2) is 11.5 Å². The average Bonchev–Trinajstić information content (AvgIpc) is 3.17. The number of nitrogens with one attached hydrogen (secondary N) is 1. The Kier molecular flexibility index (Phi) is 7.08. The number of nitriles is 1. The molecule has 2 aromatic rings. The molecule has 0 saturated carbocycles. The molecule has 1 fully saturated rings. The van der Waals surface area contributed by atoms with Crippen molar-refractivity contribution in [3.05, 3.63) is 41.8 Å². The van der Waals surface area contributed by atoms with Gasteiger partial charge in [-0.2, -0.15) is 10.4 Å². The monoisotopic (exact) mass is 485 g/mol. The summed E-state index contributed by atoms with van der Waals surface area (Å²) in [6.45, 7) is 6.21. The molecule has 3 rings (SSSR count). The number of rotatable bonds is 6. The number of nitrogens with zero attached hydrogens (tertiary/aromatic N) is 5. The molecule has 11 heteroatoms. The number of nitrogens with two attached hydrogens (primary N) is 1. The van der Waals surface area contributed by atoms with Gasteiger partial charge in [0, 0.05) is 18.4 Å². The Bertz CT molecular complexity index is 1130. The summed E-state index contributed by atoms with van der Waals surface area (Å²) in [6.07, 6.45) is 1.09. The molecule has 35 heavy (non-hydrogen) atoms. The number of likely N-dealkylation sites (tertiary alicyclic amines) is 1. The molecular weight excluding hydrogens is 453 g/mol. The summed E-state index contributed by atoms with van der Waals surface area (Å²) < 4.78 is 14.9. The molecule has 1 aliphatic rings. The topological polar surface area (TPSA) is 141 Å². The van der Waals surface area contributed by atoms with E-state index < -0.39 is 35.4 Å². The van der Waals surface area contributed by atoms with Crippen molar-refractivity contribution in [3.8, 4) is 6.07 Å². The van der Waals surface area contributed by atoms with E-state index in [2.05, 4.69) is 16.5 Å². The second-order valence-electron chi connectivity index (χ2n) is 10.2. The quantitative estimate of drug-likeness (QED) is 0.569. The molecule has 1 aromatic carbocycles. The minimum atomic E-state index is -1.23. The van der Waals surface area contributed by atoms with Crippen LogP contribution in [-0.2, 0) is 5.66 Å². The van der Waals surface area contributed by atoms with Crippen LogP contribution >= 0.6 is 0 Å². The van der Waals surface area contributed by atoms with Crippen LogP contribution in [0.25, 0.3) is 0 Å². The SMILES string of the molecule is CN(C)C1(n2cc(C(N)=O)c(Nc3ccc(F)cc3)n2)C(C#N)CCN(C(=O)O)C1CC(C)(C)C. The van der Waals surface area contributed by atoms with Gasteiger partial charge in [0.1, 0.15) is 11.4 Å². The Morgan fingerprint density at radius 1 is 1.34 bits per heavy atom. The molecule has 4 N–H and O–H groups in total. The first-order valence-corrected chi connectivity index (χ1v) is 11.3. The molecule has 0 spiro atoms. The number of halogens is 1. The van der Waals surface area contributed by atoms with Crippen LogP contribution in [0.1, 0.15) is 44.0 Å². The van der Waals surface area contributed by atoms with E-state index in [1.165, 1.54) is 40.0 Å². The lowest BCUT2D eigenvalue weighted by molar-refractivity contribution is -0.106. The standard InChI is InChI=1S/C24H32FN7O3/c1-23(2,3)12-19-24(30(4)5,15(13-26)10-11-31(19)22(34)35)32-14-18(20(27)33)21(29-32)28-17-8-6-16(25)7-9-17/h6-9,14-15,19H,10-12H2,1-5H3,(H2,27,33)(H,28,29)(H,34,35). The van der Waals surface area contributed by atoms with Gasteiger partial charge in [-0.3, -0.25) is 9.69 Å². The van der Waals surface area contributed by atoms with Crippen molar-refractivity contribution in [1.29, 1.82) is 5.26 Å². The molecule has 0 radical (unpaired) electrons. The molecule has 2 amide bonds.